The van der Waals surface area contributed by atoms with Crippen molar-refractivity contribution in [1.82, 2.24) is 9.97 Å². The second kappa shape index (κ2) is 5.43. The Hall–Kier alpha value is -2.50. The van der Waals surface area contributed by atoms with Crippen molar-refractivity contribution in [3.63, 3.8) is 0 Å². The predicted molar refractivity (Wildman–Crippen MR) is 67.4 cm³/mol. The van der Waals surface area contributed by atoms with Gasteiger partial charge < -0.3 is 10.4 Å². The van der Waals surface area contributed by atoms with Crippen molar-refractivity contribution in [1.29, 1.82) is 0 Å². The van der Waals surface area contributed by atoms with E-state index in [4.69, 9.17) is 5.11 Å². The quantitative estimate of drug-likeness (QED) is 0.884. The number of carboxylic acids is 1. The molecule has 0 radical (unpaired) electrons. The fraction of sp³-hybridized carbons (Fsp3) is 0.154. The normalized spacial score (nSPS) is 11.9. The van der Waals surface area contributed by atoms with Gasteiger partial charge in [0.25, 0.3) is 0 Å². The van der Waals surface area contributed by atoms with Crippen LogP contribution in [-0.2, 0) is 0 Å². The van der Waals surface area contributed by atoms with Crippen LogP contribution in [0.2, 0.25) is 0 Å². The van der Waals surface area contributed by atoms with Crippen molar-refractivity contribution >= 4 is 11.8 Å². The minimum atomic E-state index is -1.23. The Labute approximate surface area is 109 Å². The van der Waals surface area contributed by atoms with E-state index in [1.54, 1.807) is 12.4 Å². The summed E-state index contributed by atoms with van der Waals surface area (Å²) in [4.78, 5) is 18.7. The van der Waals surface area contributed by atoms with Crippen molar-refractivity contribution in [3.8, 4) is 0 Å². The Morgan fingerprint density at radius 3 is 2.74 bits per heavy atom. The zero-order valence-electron chi connectivity index (χ0n) is 10.2. The molecule has 2 rings (SSSR count). The average Bonchev–Trinajstić information content (AvgIpc) is 2.41. The van der Waals surface area contributed by atoms with Crippen molar-refractivity contribution in [2.75, 3.05) is 5.32 Å². The maximum Gasteiger partial charge on any atom is 0.339 e. The Bertz CT molecular complexity index is 590. The summed E-state index contributed by atoms with van der Waals surface area (Å²) in [5, 5.41) is 12.0. The zero-order chi connectivity index (χ0) is 13.8. The molecule has 2 N–H and O–H groups in total. The molecule has 0 aromatic carbocycles. The van der Waals surface area contributed by atoms with Gasteiger partial charge in [0.05, 0.1) is 12.2 Å². The molecule has 2 aromatic rings. The van der Waals surface area contributed by atoms with Gasteiger partial charge in [-0.05, 0) is 30.7 Å². The lowest BCUT2D eigenvalue weighted by atomic mass is 10.1. The van der Waals surface area contributed by atoms with E-state index < -0.39 is 11.8 Å². The Balaban J connectivity index is 2.26. The highest BCUT2D eigenvalue weighted by Crippen LogP contribution is 2.20. The number of carbonyl (C=O) groups is 1. The summed E-state index contributed by atoms with van der Waals surface area (Å²) in [7, 11) is 0. The van der Waals surface area contributed by atoms with Crippen LogP contribution in [0.4, 0.5) is 10.2 Å². The minimum absolute atomic E-state index is 0.137. The van der Waals surface area contributed by atoms with Gasteiger partial charge in [-0.25, -0.2) is 14.2 Å². The number of nitrogens with one attached hydrogen (secondary N) is 1. The molecular formula is C13H12FN3O2. The molecule has 1 atom stereocenters. The molecule has 2 aromatic heterocycles. The topological polar surface area (TPSA) is 75.1 Å². The van der Waals surface area contributed by atoms with E-state index in [0.717, 1.165) is 17.8 Å². The van der Waals surface area contributed by atoms with E-state index in [2.05, 4.69) is 15.3 Å². The lowest BCUT2D eigenvalue weighted by Gasteiger charge is -2.16. The van der Waals surface area contributed by atoms with E-state index >= 15 is 0 Å². The smallest absolute Gasteiger partial charge is 0.339 e. The highest BCUT2D eigenvalue weighted by atomic mass is 19.1. The highest BCUT2D eigenvalue weighted by molar-refractivity contribution is 5.93. The molecule has 0 aliphatic heterocycles. The lowest BCUT2D eigenvalue weighted by molar-refractivity contribution is 0.0697. The van der Waals surface area contributed by atoms with E-state index in [1.165, 1.54) is 0 Å². The first kappa shape index (κ1) is 12.9. The molecule has 0 fully saturated rings. The van der Waals surface area contributed by atoms with Crippen LogP contribution in [0, 0.1) is 5.82 Å². The van der Waals surface area contributed by atoms with Crippen molar-refractivity contribution in [3.05, 3.63) is 53.7 Å². The minimum Gasteiger partial charge on any atom is -0.478 e. The molecule has 6 heteroatoms. The van der Waals surface area contributed by atoms with Crippen LogP contribution < -0.4 is 5.32 Å². The number of halogens is 1. The van der Waals surface area contributed by atoms with E-state index in [-0.39, 0.29) is 17.4 Å². The van der Waals surface area contributed by atoms with Gasteiger partial charge in [-0.2, -0.15) is 0 Å². The monoisotopic (exact) mass is 261 g/mol. The first-order valence-corrected chi connectivity index (χ1v) is 5.63. The predicted octanol–water partition coefficient (Wildman–Crippen LogP) is 2.49. The number of anilines is 1. The summed E-state index contributed by atoms with van der Waals surface area (Å²) < 4.78 is 13.0. The van der Waals surface area contributed by atoms with Crippen LogP contribution in [-0.4, -0.2) is 21.0 Å². The summed E-state index contributed by atoms with van der Waals surface area (Å²) in [6.07, 6.45) is 4.27. The third kappa shape index (κ3) is 3.04. The summed E-state index contributed by atoms with van der Waals surface area (Å²) in [5.41, 5.74) is 0.735. The van der Waals surface area contributed by atoms with Gasteiger partial charge in [-0.15, -0.1) is 0 Å². The SMILES string of the molecule is CC(Nc1ncc(F)cc1C(=O)O)c1ccncc1. The van der Waals surface area contributed by atoms with Crippen LogP contribution in [0.3, 0.4) is 0 Å². The van der Waals surface area contributed by atoms with Gasteiger partial charge >= 0.3 is 5.97 Å². The third-order valence-electron chi connectivity index (χ3n) is 2.64. The maximum absolute atomic E-state index is 13.0. The fourth-order valence-electron chi connectivity index (χ4n) is 1.66. The molecule has 0 aliphatic rings. The molecule has 98 valence electrons. The van der Waals surface area contributed by atoms with Crippen LogP contribution in [0.5, 0.6) is 0 Å². The number of hydrogen-bond donors (Lipinski definition) is 2. The molecule has 0 saturated heterocycles. The Morgan fingerprint density at radius 2 is 2.11 bits per heavy atom. The van der Waals surface area contributed by atoms with Crippen LogP contribution in [0.15, 0.2) is 36.8 Å². The molecule has 2 heterocycles. The summed E-state index contributed by atoms with van der Waals surface area (Å²) in [5.74, 6) is -1.77. The number of nitrogens with zero attached hydrogens (tertiary/aromatic N) is 2. The summed E-state index contributed by atoms with van der Waals surface area (Å²) >= 11 is 0. The van der Waals surface area contributed by atoms with Gasteiger partial charge in [-0.1, -0.05) is 0 Å². The van der Waals surface area contributed by atoms with Crippen molar-refractivity contribution < 1.29 is 14.3 Å². The number of carboxylic acid groups (broad SMARTS) is 1. The lowest BCUT2D eigenvalue weighted by Crippen LogP contribution is -2.12. The van der Waals surface area contributed by atoms with Gasteiger partial charge in [0.2, 0.25) is 0 Å². The standard InChI is InChI=1S/C13H12FN3O2/c1-8(9-2-4-15-5-3-9)17-12-11(13(18)19)6-10(14)7-16-12/h2-8H,1H3,(H,16,17)(H,18,19). The molecule has 5 nitrogen and oxygen atoms in total. The average molecular weight is 261 g/mol. The van der Waals surface area contributed by atoms with E-state index in [9.17, 15) is 9.18 Å². The molecule has 0 aliphatic carbocycles. The number of pyridine rings is 2. The molecule has 0 amide bonds. The number of rotatable bonds is 4. The van der Waals surface area contributed by atoms with E-state index in [1.807, 2.05) is 19.1 Å². The largest absolute Gasteiger partial charge is 0.478 e. The van der Waals surface area contributed by atoms with Gasteiger partial charge in [0, 0.05) is 12.4 Å². The van der Waals surface area contributed by atoms with Crippen LogP contribution in [0.1, 0.15) is 28.9 Å². The Kier molecular flexibility index (Phi) is 3.70. The van der Waals surface area contributed by atoms with Crippen LogP contribution >= 0.6 is 0 Å². The highest BCUT2D eigenvalue weighted by Gasteiger charge is 2.15. The molecular weight excluding hydrogens is 249 g/mol. The van der Waals surface area contributed by atoms with Crippen molar-refractivity contribution in [2.45, 2.75) is 13.0 Å². The molecule has 0 bridgehead atoms. The fourth-order valence-corrected chi connectivity index (χ4v) is 1.66. The van der Waals surface area contributed by atoms with Gasteiger partial charge in [0.1, 0.15) is 17.2 Å². The first-order chi connectivity index (χ1) is 9.08. The zero-order valence-corrected chi connectivity index (χ0v) is 10.2. The first-order valence-electron chi connectivity index (χ1n) is 5.63. The second-order valence-corrected chi connectivity index (χ2v) is 4.00. The second-order valence-electron chi connectivity index (χ2n) is 4.00. The van der Waals surface area contributed by atoms with Gasteiger partial charge in [0.15, 0.2) is 0 Å². The maximum atomic E-state index is 13.0. The van der Waals surface area contributed by atoms with Crippen molar-refractivity contribution in [2.24, 2.45) is 0 Å². The van der Waals surface area contributed by atoms with Gasteiger partial charge in [-0.3, -0.25) is 4.98 Å². The van der Waals surface area contributed by atoms with Crippen LogP contribution in [0.25, 0.3) is 0 Å². The molecule has 19 heavy (non-hydrogen) atoms. The molecule has 0 saturated carbocycles. The van der Waals surface area contributed by atoms with E-state index in [0.29, 0.717) is 0 Å². The third-order valence-corrected chi connectivity index (χ3v) is 2.64. The molecule has 1 unspecified atom stereocenters. The Morgan fingerprint density at radius 1 is 1.42 bits per heavy atom. The number of aromatic nitrogens is 2. The number of hydrogen-bond acceptors (Lipinski definition) is 4. The summed E-state index contributed by atoms with van der Waals surface area (Å²) in [6.45, 7) is 1.85. The number of aromatic carboxylic acids is 1. The summed E-state index contributed by atoms with van der Waals surface area (Å²) in [6, 6.07) is 4.39. The molecule has 0 spiro atoms.